The van der Waals surface area contributed by atoms with Gasteiger partial charge >= 0.3 is 0 Å². The van der Waals surface area contributed by atoms with E-state index in [-0.39, 0.29) is 0 Å². The third-order valence-corrected chi connectivity index (χ3v) is 4.57. The Balaban J connectivity index is 1.99. The van der Waals surface area contributed by atoms with Crippen molar-refractivity contribution in [2.24, 2.45) is 5.73 Å². The number of thiophene rings is 1. The Morgan fingerprint density at radius 1 is 1.56 bits per heavy atom. The second kappa shape index (κ2) is 5.30. The fourth-order valence-electron chi connectivity index (χ4n) is 2.50. The van der Waals surface area contributed by atoms with E-state index in [2.05, 4.69) is 30.2 Å². The maximum Gasteiger partial charge on any atom is 0.0333 e. The molecule has 2 unspecified atom stereocenters. The Kier molecular flexibility index (Phi) is 4.00. The molecule has 0 saturated carbocycles. The van der Waals surface area contributed by atoms with Crippen molar-refractivity contribution in [3.05, 3.63) is 21.9 Å². The molecule has 1 aromatic rings. The monoisotopic (exact) mass is 238 g/mol. The summed E-state index contributed by atoms with van der Waals surface area (Å²) in [6.07, 6.45) is 3.45. The molecule has 0 aromatic carbocycles. The van der Waals surface area contributed by atoms with Gasteiger partial charge in [0.1, 0.15) is 0 Å². The quantitative estimate of drug-likeness (QED) is 0.877. The zero-order chi connectivity index (χ0) is 11.5. The van der Waals surface area contributed by atoms with Crippen molar-refractivity contribution >= 4 is 11.3 Å². The van der Waals surface area contributed by atoms with Crippen molar-refractivity contribution in [1.29, 1.82) is 0 Å². The maximum absolute atomic E-state index is 5.99. The van der Waals surface area contributed by atoms with Gasteiger partial charge in [-0.05, 0) is 43.2 Å². The van der Waals surface area contributed by atoms with Crippen LogP contribution in [0.5, 0.6) is 0 Å². The summed E-state index contributed by atoms with van der Waals surface area (Å²) < 4.78 is 0. The number of hydrogen-bond donors (Lipinski definition) is 1. The number of rotatable bonds is 3. The lowest BCUT2D eigenvalue weighted by Crippen LogP contribution is -2.44. The molecule has 2 rings (SSSR count). The summed E-state index contributed by atoms with van der Waals surface area (Å²) in [5.74, 6) is 0. The SMILES string of the molecule is CCc1ccsc1CN1CCC(N)CC1C. The van der Waals surface area contributed by atoms with Crippen molar-refractivity contribution in [2.75, 3.05) is 6.54 Å². The van der Waals surface area contributed by atoms with E-state index in [0.29, 0.717) is 12.1 Å². The summed E-state index contributed by atoms with van der Waals surface area (Å²) >= 11 is 1.90. The number of nitrogens with two attached hydrogens (primary N) is 1. The van der Waals surface area contributed by atoms with Crippen molar-refractivity contribution < 1.29 is 0 Å². The Labute approximate surface area is 102 Å². The minimum absolute atomic E-state index is 0.417. The van der Waals surface area contributed by atoms with Crippen LogP contribution in [0, 0.1) is 0 Å². The summed E-state index contributed by atoms with van der Waals surface area (Å²) in [7, 11) is 0. The van der Waals surface area contributed by atoms with Crippen LogP contribution in [0.15, 0.2) is 11.4 Å². The maximum atomic E-state index is 5.99. The molecular formula is C13H22N2S. The Hall–Kier alpha value is -0.380. The number of piperidine rings is 1. The molecule has 0 radical (unpaired) electrons. The van der Waals surface area contributed by atoms with Crippen LogP contribution in [0.2, 0.25) is 0 Å². The van der Waals surface area contributed by atoms with E-state index in [1.807, 2.05) is 11.3 Å². The van der Waals surface area contributed by atoms with Gasteiger partial charge in [0.2, 0.25) is 0 Å². The van der Waals surface area contributed by atoms with Crippen molar-refractivity contribution in [2.45, 2.75) is 51.7 Å². The van der Waals surface area contributed by atoms with E-state index in [1.54, 1.807) is 4.88 Å². The molecule has 1 aliphatic heterocycles. The van der Waals surface area contributed by atoms with Crippen LogP contribution in [-0.2, 0) is 13.0 Å². The van der Waals surface area contributed by atoms with Crippen molar-refractivity contribution in [3.63, 3.8) is 0 Å². The van der Waals surface area contributed by atoms with Gasteiger partial charge in [-0.25, -0.2) is 0 Å². The average molecular weight is 238 g/mol. The molecule has 2 atom stereocenters. The summed E-state index contributed by atoms with van der Waals surface area (Å²) in [6.45, 7) is 6.82. The molecular weight excluding hydrogens is 216 g/mol. The van der Waals surface area contributed by atoms with Gasteiger partial charge in [-0.2, -0.15) is 0 Å². The third-order valence-electron chi connectivity index (χ3n) is 3.62. The molecule has 1 aliphatic rings. The lowest BCUT2D eigenvalue weighted by Gasteiger charge is -2.36. The molecule has 0 spiro atoms. The van der Waals surface area contributed by atoms with Crippen LogP contribution in [0.1, 0.15) is 37.1 Å². The Morgan fingerprint density at radius 3 is 3.06 bits per heavy atom. The predicted octanol–water partition coefficient (Wildman–Crippen LogP) is 2.62. The van der Waals surface area contributed by atoms with Crippen LogP contribution in [0.4, 0.5) is 0 Å². The smallest absolute Gasteiger partial charge is 0.0333 e. The number of aryl methyl sites for hydroxylation is 1. The van der Waals surface area contributed by atoms with E-state index in [1.165, 1.54) is 5.56 Å². The first-order valence-corrected chi connectivity index (χ1v) is 7.13. The van der Waals surface area contributed by atoms with E-state index in [0.717, 1.165) is 32.4 Å². The third kappa shape index (κ3) is 2.65. The number of hydrogen-bond acceptors (Lipinski definition) is 3. The highest BCUT2D eigenvalue weighted by atomic mass is 32.1. The predicted molar refractivity (Wildman–Crippen MR) is 70.8 cm³/mol. The Bertz CT molecular complexity index is 334. The largest absolute Gasteiger partial charge is 0.328 e. The van der Waals surface area contributed by atoms with Crippen LogP contribution < -0.4 is 5.73 Å². The minimum Gasteiger partial charge on any atom is -0.328 e. The van der Waals surface area contributed by atoms with Gasteiger partial charge in [0.15, 0.2) is 0 Å². The van der Waals surface area contributed by atoms with E-state index >= 15 is 0 Å². The van der Waals surface area contributed by atoms with Gasteiger partial charge in [-0.1, -0.05) is 6.92 Å². The van der Waals surface area contributed by atoms with Gasteiger partial charge in [0, 0.05) is 30.1 Å². The molecule has 16 heavy (non-hydrogen) atoms. The van der Waals surface area contributed by atoms with Gasteiger partial charge in [-0.3, -0.25) is 4.90 Å². The summed E-state index contributed by atoms with van der Waals surface area (Å²) in [5.41, 5.74) is 7.51. The lowest BCUT2D eigenvalue weighted by molar-refractivity contribution is 0.141. The lowest BCUT2D eigenvalue weighted by atomic mass is 9.99. The molecule has 0 aliphatic carbocycles. The molecule has 2 heterocycles. The zero-order valence-corrected chi connectivity index (χ0v) is 11.1. The second-order valence-corrected chi connectivity index (χ2v) is 5.83. The zero-order valence-electron chi connectivity index (χ0n) is 10.3. The minimum atomic E-state index is 0.417. The number of likely N-dealkylation sites (tertiary alicyclic amines) is 1. The van der Waals surface area contributed by atoms with Crippen LogP contribution in [0.25, 0.3) is 0 Å². The average Bonchev–Trinajstić information content (AvgIpc) is 2.69. The fraction of sp³-hybridized carbons (Fsp3) is 0.692. The standard InChI is InChI=1S/C13H22N2S/c1-3-11-5-7-16-13(11)9-15-6-4-12(14)8-10(15)2/h5,7,10,12H,3-4,6,8-9,14H2,1-2H3. The molecule has 0 bridgehead atoms. The molecule has 0 amide bonds. The first kappa shape index (κ1) is 12.1. The molecule has 1 aromatic heterocycles. The highest BCUT2D eigenvalue weighted by molar-refractivity contribution is 7.10. The van der Waals surface area contributed by atoms with Crippen LogP contribution >= 0.6 is 11.3 Å². The first-order valence-electron chi connectivity index (χ1n) is 6.25. The normalized spacial score (nSPS) is 27.2. The molecule has 2 nitrogen and oxygen atoms in total. The molecule has 2 N–H and O–H groups in total. The van der Waals surface area contributed by atoms with Gasteiger partial charge < -0.3 is 5.73 Å². The van der Waals surface area contributed by atoms with E-state index < -0.39 is 0 Å². The van der Waals surface area contributed by atoms with Crippen LogP contribution in [-0.4, -0.2) is 23.5 Å². The van der Waals surface area contributed by atoms with Crippen molar-refractivity contribution in [1.82, 2.24) is 4.90 Å². The van der Waals surface area contributed by atoms with Crippen molar-refractivity contribution in [3.8, 4) is 0 Å². The topological polar surface area (TPSA) is 29.3 Å². The molecule has 90 valence electrons. The van der Waals surface area contributed by atoms with E-state index in [4.69, 9.17) is 5.73 Å². The Morgan fingerprint density at radius 2 is 2.38 bits per heavy atom. The molecule has 1 fully saturated rings. The number of nitrogens with zero attached hydrogens (tertiary/aromatic N) is 1. The van der Waals surface area contributed by atoms with E-state index in [9.17, 15) is 0 Å². The van der Waals surface area contributed by atoms with Crippen LogP contribution in [0.3, 0.4) is 0 Å². The van der Waals surface area contributed by atoms with Gasteiger partial charge in [0.25, 0.3) is 0 Å². The highest BCUT2D eigenvalue weighted by Crippen LogP contribution is 2.24. The first-order chi connectivity index (χ1) is 7.70. The summed E-state index contributed by atoms with van der Waals surface area (Å²) in [6, 6.07) is 3.32. The van der Waals surface area contributed by atoms with Gasteiger partial charge in [0.05, 0.1) is 0 Å². The summed E-state index contributed by atoms with van der Waals surface area (Å²) in [4.78, 5) is 4.12. The molecule has 3 heteroatoms. The second-order valence-electron chi connectivity index (χ2n) is 4.83. The fourth-order valence-corrected chi connectivity index (χ4v) is 3.50. The highest BCUT2D eigenvalue weighted by Gasteiger charge is 2.23. The summed E-state index contributed by atoms with van der Waals surface area (Å²) in [5, 5.41) is 2.22. The molecule has 1 saturated heterocycles. The van der Waals surface area contributed by atoms with Gasteiger partial charge in [-0.15, -0.1) is 11.3 Å².